The Morgan fingerprint density at radius 2 is 1.78 bits per heavy atom. The molecule has 170 valence electrons. The second-order valence-electron chi connectivity index (χ2n) is 9.12. The predicted molar refractivity (Wildman–Crippen MR) is 126 cm³/mol. The Kier molecular flexibility index (Phi) is 7.53. The van der Waals surface area contributed by atoms with Crippen molar-refractivity contribution in [2.24, 2.45) is 5.92 Å². The normalized spacial score (nSPS) is 19.3. The molecule has 2 aliphatic rings. The molecule has 1 aromatic carbocycles. The van der Waals surface area contributed by atoms with Gasteiger partial charge in [0.2, 0.25) is 5.91 Å². The van der Waals surface area contributed by atoms with Gasteiger partial charge in [0.1, 0.15) is 5.69 Å². The van der Waals surface area contributed by atoms with E-state index >= 15 is 0 Å². The standard InChI is InChI=1S/C26H34N4O2/c1-19(21-8-7-11-23(18-21)29-26(32)24-12-5-6-15-27-24)30-16-13-20(14-17-30)25(31)28-22-9-3-2-4-10-22/h5-8,11-12,15,18-20,22H,2-4,9-10,13-14,16-17H2,1H3,(H,28,31)(H,29,32). The number of anilines is 1. The van der Waals surface area contributed by atoms with Gasteiger partial charge in [-0.3, -0.25) is 19.5 Å². The molecule has 1 atom stereocenters. The van der Waals surface area contributed by atoms with Crippen molar-refractivity contribution in [1.82, 2.24) is 15.2 Å². The first kappa shape index (κ1) is 22.5. The van der Waals surface area contributed by atoms with Crippen molar-refractivity contribution in [3.8, 4) is 0 Å². The molecule has 1 saturated heterocycles. The van der Waals surface area contributed by atoms with Crippen LogP contribution in [0.2, 0.25) is 0 Å². The molecule has 1 saturated carbocycles. The molecule has 2 heterocycles. The van der Waals surface area contributed by atoms with Gasteiger partial charge in [-0.05, 0) is 75.5 Å². The molecule has 1 unspecified atom stereocenters. The Balaban J connectivity index is 1.30. The fourth-order valence-corrected chi connectivity index (χ4v) is 4.89. The van der Waals surface area contributed by atoms with Crippen LogP contribution in [0.3, 0.4) is 0 Å². The largest absolute Gasteiger partial charge is 0.353 e. The number of carbonyl (C=O) groups is 2. The summed E-state index contributed by atoms with van der Waals surface area (Å²) < 4.78 is 0. The van der Waals surface area contributed by atoms with Crippen molar-refractivity contribution in [1.29, 1.82) is 0 Å². The number of likely N-dealkylation sites (tertiary alicyclic amines) is 1. The average Bonchev–Trinajstić information content (AvgIpc) is 2.85. The van der Waals surface area contributed by atoms with E-state index < -0.39 is 0 Å². The van der Waals surface area contributed by atoms with Gasteiger partial charge in [0.25, 0.3) is 5.91 Å². The fraction of sp³-hybridized carbons (Fsp3) is 0.500. The number of amides is 2. The van der Waals surface area contributed by atoms with Crippen LogP contribution in [0.15, 0.2) is 48.7 Å². The number of nitrogens with zero attached hydrogens (tertiary/aromatic N) is 2. The summed E-state index contributed by atoms with van der Waals surface area (Å²) in [5.74, 6) is 0.174. The number of aromatic nitrogens is 1. The van der Waals surface area contributed by atoms with Crippen LogP contribution in [0.4, 0.5) is 5.69 Å². The van der Waals surface area contributed by atoms with Crippen LogP contribution in [0.5, 0.6) is 0 Å². The molecule has 2 N–H and O–H groups in total. The van der Waals surface area contributed by atoms with Crippen LogP contribution in [0.1, 0.15) is 74.0 Å². The molecule has 2 aromatic rings. The number of benzene rings is 1. The lowest BCUT2D eigenvalue weighted by Crippen LogP contribution is -2.44. The number of carbonyl (C=O) groups excluding carboxylic acids is 2. The number of nitrogens with one attached hydrogen (secondary N) is 2. The Morgan fingerprint density at radius 1 is 1.00 bits per heavy atom. The Bertz CT molecular complexity index is 903. The number of hydrogen-bond acceptors (Lipinski definition) is 4. The monoisotopic (exact) mass is 434 g/mol. The van der Waals surface area contributed by atoms with Crippen molar-refractivity contribution in [2.75, 3.05) is 18.4 Å². The molecular formula is C26H34N4O2. The summed E-state index contributed by atoms with van der Waals surface area (Å²) >= 11 is 0. The van der Waals surface area contributed by atoms with E-state index in [1.165, 1.54) is 19.3 Å². The first-order chi connectivity index (χ1) is 15.6. The molecule has 0 bridgehead atoms. The Morgan fingerprint density at radius 3 is 2.50 bits per heavy atom. The summed E-state index contributed by atoms with van der Waals surface area (Å²) in [6, 6.07) is 13.9. The zero-order valence-electron chi connectivity index (χ0n) is 18.9. The third kappa shape index (κ3) is 5.74. The van der Waals surface area contributed by atoms with Gasteiger partial charge in [0.15, 0.2) is 0 Å². The molecule has 6 nitrogen and oxygen atoms in total. The highest BCUT2D eigenvalue weighted by molar-refractivity contribution is 6.02. The molecule has 0 radical (unpaired) electrons. The Labute approximate surface area is 190 Å². The number of piperidine rings is 1. The minimum atomic E-state index is -0.208. The molecule has 2 amide bonds. The molecule has 1 aromatic heterocycles. The SMILES string of the molecule is CC(c1cccc(NC(=O)c2ccccn2)c1)N1CCC(C(=O)NC2CCCCC2)CC1. The molecule has 1 aliphatic carbocycles. The topological polar surface area (TPSA) is 74.3 Å². The van der Waals surface area contributed by atoms with Crippen LogP contribution in [0, 0.1) is 5.92 Å². The second kappa shape index (κ2) is 10.7. The third-order valence-electron chi connectivity index (χ3n) is 6.92. The minimum Gasteiger partial charge on any atom is -0.353 e. The molecule has 32 heavy (non-hydrogen) atoms. The highest BCUT2D eigenvalue weighted by Crippen LogP contribution is 2.28. The Hall–Kier alpha value is -2.73. The molecular weight excluding hydrogens is 400 g/mol. The maximum atomic E-state index is 12.7. The summed E-state index contributed by atoms with van der Waals surface area (Å²) in [4.78, 5) is 31.7. The van der Waals surface area contributed by atoms with Gasteiger partial charge in [-0.15, -0.1) is 0 Å². The van der Waals surface area contributed by atoms with Gasteiger partial charge in [-0.2, -0.15) is 0 Å². The summed E-state index contributed by atoms with van der Waals surface area (Å²) in [5, 5.41) is 6.24. The van der Waals surface area contributed by atoms with E-state index in [0.29, 0.717) is 11.7 Å². The predicted octanol–water partition coefficient (Wildman–Crippen LogP) is 4.56. The van der Waals surface area contributed by atoms with Gasteiger partial charge in [0, 0.05) is 29.9 Å². The van der Waals surface area contributed by atoms with E-state index in [9.17, 15) is 9.59 Å². The van der Waals surface area contributed by atoms with Crippen LogP contribution >= 0.6 is 0 Å². The lowest BCUT2D eigenvalue weighted by molar-refractivity contribution is -0.127. The highest BCUT2D eigenvalue weighted by Gasteiger charge is 2.29. The summed E-state index contributed by atoms with van der Waals surface area (Å²) in [6.45, 7) is 4.02. The molecule has 4 rings (SSSR count). The van der Waals surface area contributed by atoms with Gasteiger partial charge in [0.05, 0.1) is 0 Å². The average molecular weight is 435 g/mol. The van der Waals surface area contributed by atoms with Gasteiger partial charge in [-0.25, -0.2) is 0 Å². The van der Waals surface area contributed by atoms with Gasteiger partial charge in [-0.1, -0.05) is 37.5 Å². The van der Waals surface area contributed by atoms with Crippen molar-refractivity contribution < 1.29 is 9.59 Å². The third-order valence-corrected chi connectivity index (χ3v) is 6.92. The summed E-state index contributed by atoms with van der Waals surface area (Å²) in [6.07, 6.45) is 9.47. The minimum absolute atomic E-state index is 0.129. The van der Waals surface area contributed by atoms with E-state index in [4.69, 9.17) is 0 Å². The first-order valence-corrected chi connectivity index (χ1v) is 12.0. The van der Waals surface area contributed by atoms with E-state index in [1.807, 2.05) is 18.2 Å². The zero-order chi connectivity index (χ0) is 22.3. The van der Waals surface area contributed by atoms with E-state index in [1.54, 1.807) is 24.4 Å². The van der Waals surface area contributed by atoms with Crippen molar-refractivity contribution in [2.45, 2.75) is 64.0 Å². The van der Waals surface area contributed by atoms with Crippen LogP contribution < -0.4 is 10.6 Å². The lowest BCUT2D eigenvalue weighted by Gasteiger charge is -2.36. The van der Waals surface area contributed by atoms with E-state index in [-0.39, 0.29) is 23.8 Å². The summed E-state index contributed by atoms with van der Waals surface area (Å²) in [7, 11) is 0. The number of hydrogen-bond donors (Lipinski definition) is 2. The molecule has 0 spiro atoms. The maximum Gasteiger partial charge on any atom is 0.274 e. The zero-order valence-corrected chi connectivity index (χ0v) is 18.9. The summed E-state index contributed by atoms with van der Waals surface area (Å²) in [5.41, 5.74) is 2.33. The van der Waals surface area contributed by atoms with Crippen molar-refractivity contribution in [3.05, 3.63) is 59.9 Å². The van der Waals surface area contributed by atoms with Crippen LogP contribution in [-0.4, -0.2) is 40.8 Å². The number of rotatable bonds is 6. The first-order valence-electron chi connectivity index (χ1n) is 12.0. The fourth-order valence-electron chi connectivity index (χ4n) is 4.89. The van der Waals surface area contributed by atoms with E-state index in [0.717, 1.165) is 50.0 Å². The molecule has 2 fully saturated rings. The van der Waals surface area contributed by atoms with Gasteiger partial charge >= 0.3 is 0 Å². The molecule has 6 heteroatoms. The van der Waals surface area contributed by atoms with Gasteiger partial charge < -0.3 is 10.6 Å². The lowest BCUT2D eigenvalue weighted by atomic mass is 9.91. The van der Waals surface area contributed by atoms with Crippen LogP contribution in [0.25, 0.3) is 0 Å². The van der Waals surface area contributed by atoms with Crippen LogP contribution in [-0.2, 0) is 4.79 Å². The number of pyridine rings is 1. The molecule has 1 aliphatic heterocycles. The highest BCUT2D eigenvalue weighted by atomic mass is 16.2. The van der Waals surface area contributed by atoms with Crippen molar-refractivity contribution in [3.63, 3.8) is 0 Å². The smallest absolute Gasteiger partial charge is 0.274 e. The quantitative estimate of drug-likeness (QED) is 0.699. The van der Waals surface area contributed by atoms with E-state index in [2.05, 4.69) is 33.5 Å². The maximum absolute atomic E-state index is 12.7. The van der Waals surface area contributed by atoms with Crippen molar-refractivity contribution >= 4 is 17.5 Å². The second-order valence-corrected chi connectivity index (χ2v) is 9.12.